The van der Waals surface area contributed by atoms with Crippen LogP contribution >= 0.6 is 0 Å². The van der Waals surface area contributed by atoms with Gasteiger partial charge in [-0.15, -0.1) is 0 Å². The standard InChI is InChI=1S/C22H44O3.C19H40O3/c1-4-5-6-7-8-9-10-11-12-13-14-15-16-17-18-23-19-21-20-24-22(2,3)25-21;1-2-3-4-5-6-7-8-9-10-11-12-13-14-15-16-22-18-19(21)17-20/h21H,4-20H2,1-3H3;19-21H,2-18H2,1H3. The van der Waals surface area contributed by atoms with Crippen LogP contribution in [-0.2, 0) is 18.9 Å². The predicted octanol–water partition coefficient (Wildman–Crippen LogP) is 11.5. The van der Waals surface area contributed by atoms with Crippen molar-refractivity contribution in [2.75, 3.05) is 39.6 Å². The Balaban J connectivity index is 0.000000909. The molecule has 1 saturated heterocycles. The van der Waals surface area contributed by atoms with Crippen LogP contribution in [0.15, 0.2) is 0 Å². The Morgan fingerprint density at radius 2 is 0.894 bits per heavy atom. The minimum absolute atomic E-state index is 0.113. The fourth-order valence-electron chi connectivity index (χ4n) is 6.13. The first-order valence-electron chi connectivity index (χ1n) is 20.7. The lowest BCUT2D eigenvalue weighted by molar-refractivity contribution is -0.145. The van der Waals surface area contributed by atoms with Crippen molar-refractivity contribution in [2.45, 2.75) is 225 Å². The number of ether oxygens (including phenoxy) is 4. The summed E-state index contributed by atoms with van der Waals surface area (Å²) in [5.41, 5.74) is 0. The maximum atomic E-state index is 9.10. The molecule has 0 aliphatic carbocycles. The molecular weight excluding hydrogens is 588 g/mol. The van der Waals surface area contributed by atoms with Crippen molar-refractivity contribution in [1.29, 1.82) is 0 Å². The second-order valence-corrected chi connectivity index (χ2v) is 14.6. The average Bonchev–Trinajstić information content (AvgIpc) is 3.42. The molecule has 0 radical (unpaired) electrons. The van der Waals surface area contributed by atoms with Gasteiger partial charge in [-0.25, -0.2) is 0 Å². The highest BCUT2D eigenvalue weighted by Gasteiger charge is 2.32. The second kappa shape index (κ2) is 37.0. The smallest absolute Gasteiger partial charge is 0.163 e. The van der Waals surface area contributed by atoms with Crippen LogP contribution in [0, 0.1) is 0 Å². The highest BCUT2D eigenvalue weighted by atomic mass is 16.7. The van der Waals surface area contributed by atoms with E-state index in [0.717, 1.165) is 13.0 Å². The van der Waals surface area contributed by atoms with E-state index >= 15 is 0 Å². The second-order valence-electron chi connectivity index (χ2n) is 14.6. The van der Waals surface area contributed by atoms with Gasteiger partial charge in [0.2, 0.25) is 0 Å². The number of aliphatic hydroxyl groups is 2. The monoisotopic (exact) mass is 673 g/mol. The van der Waals surface area contributed by atoms with Crippen LogP contribution in [-0.4, -0.2) is 67.8 Å². The lowest BCUT2D eigenvalue weighted by Gasteiger charge is -2.17. The summed E-state index contributed by atoms with van der Waals surface area (Å²) in [4.78, 5) is 0. The molecule has 0 aromatic rings. The van der Waals surface area contributed by atoms with E-state index in [-0.39, 0.29) is 19.3 Å². The van der Waals surface area contributed by atoms with Gasteiger partial charge in [-0.05, 0) is 26.7 Å². The fraction of sp³-hybridized carbons (Fsp3) is 1.00. The molecule has 1 aliphatic rings. The van der Waals surface area contributed by atoms with E-state index in [2.05, 4.69) is 13.8 Å². The van der Waals surface area contributed by atoms with Gasteiger partial charge in [-0.3, -0.25) is 0 Å². The van der Waals surface area contributed by atoms with Gasteiger partial charge in [0.1, 0.15) is 12.2 Å². The van der Waals surface area contributed by atoms with Gasteiger partial charge >= 0.3 is 0 Å². The molecule has 1 rings (SSSR count). The summed E-state index contributed by atoms with van der Waals surface area (Å²) in [5, 5.41) is 17.7. The summed E-state index contributed by atoms with van der Waals surface area (Å²) in [6.07, 6.45) is 37.9. The molecule has 47 heavy (non-hydrogen) atoms. The SMILES string of the molecule is CCCCCCCCCCCCCCCCOCC(O)CO.CCCCCCCCCCCCCCCCOCC1COC(C)(C)O1. The first-order chi connectivity index (χ1) is 22.9. The van der Waals surface area contributed by atoms with E-state index in [0.29, 0.717) is 19.8 Å². The molecule has 2 N–H and O–H groups in total. The van der Waals surface area contributed by atoms with Crippen molar-refractivity contribution in [2.24, 2.45) is 0 Å². The molecule has 6 heteroatoms. The fourth-order valence-corrected chi connectivity index (χ4v) is 6.13. The van der Waals surface area contributed by atoms with Gasteiger partial charge in [0.25, 0.3) is 0 Å². The third kappa shape index (κ3) is 36.9. The van der Waals surface area contributed by atoms with Gasteiger partial charge in [0.05, 0.1) is 26.4 Å². The van der Waals surface area contributed by atoms with E-state index in [4.69, 9.17) is 29.2 Å². The van der Waals surface area contributed by atoms with Gasteiger partial charge in [0.15, 0.2) is 5.79 Å². The molecule has 2 atom stereocenters. The minimum atomic E-state index is -0.716. The van der Waals surface area contributed by atoms with Crippen LogP contribution in [0.4, 0.5) is 0 Å². The Morgan fingerprint density at radius 3 is 1.21 bits per heavy atom. The van der Waals surface area contributed by atoms with Gasteiger partial charge in [0, 0.05) is 13.2 Å². The first-order valence-corrected chi connectivity index (χ1v) is 20.7. The van der Waals surface area contributed by atoms with E-state index < -0.39 is 11.9 Å². The molecule has 0 amide bonds. The van der Waals surface area contributed by atoms with E-state index in [1.165, 1.54) is 173 Å². The topological polar surface area (TPSA) is 77.4 Å². The summed E-state index contributed by atoms with van der Waals surface area (Å²) in [6, 6.07) is 0. The first kappa shape index (κ1) is 46.8. The summed E-state index contributed by atoms with van der Waals surface area (Å²) in [6.45, 7) is 11.4. The Kier molecular flexibility index (Phi) is 36.8. The lowest BCUT2D eigenvalue weighted by atomic mass is 10.0. The van der Waals surface area contributed by atoms with E-state index in [1.807, 2.05) is 13.8 Å². The van der Waals surface area contributed by atoms with Crippen molar-refractivity contribution < 1.29 is 29.2 Å². The molecule has 2 unspecified atom stereocenters. The molecule has 1 aliphatic heterocycles. The van der Waals surface area contributed by atoms with Crippen molar-refractivity contribution in [3.63, 3.8) is 0 Å². The maximum Gasteiger partial charge on any atom is 0.163 e. The van der Waals surface area contributed by atoms with Gasteiger partial charge < -0.3 is 29.2 Å². The molecule has 1 fully saturated rings. The van der Waals surface area contributed by atoms with Crippen molar-refractivity contribution in [1.82, 2.24) is 0 Å². The number of hydrogen-bond donors (Lipinski definition) is 2. The normalized spacial score (nSPS) is 16.3. The average molecular weight is 673 g/mol. The zero-order chi connectivity index (χ0) is 34.5. The van der Waals surface area contributed by atoms with Gasteiger partial charge in [-0.2, -0.15) is 0 Å². The molecule has 0 saturated carbocycles. The van der Waals surface area contributed by atoms with Crippen LogP contribution < -0.4 is 0 Å². The van der Waals surface area contributed by atoms with E-state index in [9.17, 15) is 0 Å². The molecule has 0 aromatic heterocycles. The van der Waals surface area contributed by atoms with Crippen molar-refractivity contribution in [3.05, 3.63) is 0 Å². The molecule has 0 bridgehead atoms. The van der Waals surface area contributed by atoms with Gasteiger partial charge in [-0.1, -0.05) is 181 Å². The zero-order valence-corrected chi connectivity index (χ0v) is 32.2. The number of rotatable bonds is 35. The largest absolute Gasteiger partial charge is 0.394 e. The van der Waals surface area contributed by atoms with Crippen molar-refractivity contribution in [3.8, 4) is 0 Å². The Morgan fingerprint density at radius 1 is 0.553 bits per heavy atom. The predicted molar refractivity (Wildman–Crippen MR) is 200 cm³/mol. The summed E-state index contributed by atoms with van der Waals surface area (Å²) >= 11 is 0. The maximum absolute atomic E-state index is 9.10. The Labute approximate surface area is 293 Å². The summed E-state index contributed by atoms with van der Waals surface area (Å²) in [5.74, 6) is -0.428. The van der Waals surface area contributed by atoms with Crippen molar-refractivity contribution >= 4 is 0 Å². The van der Waals surface area contributed by atoms with Crippen LogP contribution in [0.3, 0.4) is 0 Å². The Bertz CT molecular complexity index is 586. The third-order valence-corrected chi connectivity index (χ3v) is 9.18. The molecule has 0 spiro atoms. The molecule has 0 aromatic carbocycles. The molecular formula is C41H84O6. The van der Waals surface area contributed by atoms with E-state index in [1.54, 1.807) is 0 Å². The third-order valence-electron chi connectivity index (χ3n) is 9.18. The summed E-state index contributed by atoms with van der Waals surface area (Å²) in [7, 11) is 0. The lowest BCUT2D eigenvalue weighted by Crippen LogP contribution is -2.24. The zero-order valence-electron chi connectivity index (χ0n) is 32.2. The number of hydrogen-bond acceptors (Lipinski definition) is 6. The Hall–Kier alpha value is -0.240. The molecule has 1 heterocycles. The number of aliphatic hydroxyl groups excluding tert-OH is 2. The molecule has 284 valence electrons. The van der Waals surface area contributed by atoms with Crippen LogP contribution in [0.25, 0.3) is 0 Å². The molecule has 6 nitrogen and oxygen atoms in total. The summed E-state index contributed by atoms with van der Waals surface area (Å²) < 4.78 is 22.3. The van der Waals surface area contributed by atoms with Crippen LogP contribution in [0.2, 0.25) is 0 Å². The minimum Gasteiger partial charge on any atom is -0.394 e. The van der Waals surface area contributed by atoms with Crippen LogP contribution in [0.1, 0.15) is 207 Å². The number of unbranched alkanes of at least 4 members (excludes halogenated alkanes) is 26. The highest BCUT2D eigenvalue weighted by molar-refractivity contribution is 4.70. The van der Waals surface area contributed by atoms with Crippen LogP contribution in [0.5, 0.6) is 0 Å². The quantitative estimate of drug-likeness (QED) is 0.0653. The highest BCUT2D eigenvalue weighted by Crippen LogP contribution is 2.22.